The Morgan fingerprint density at radius 1 is 2.00 bits per heavy atom. The lowest BCUT2D eigenvalue weighted by atomic mass is 11.0. The van der Waals surface area contributed by atoms with Crippen LogP contribution in [0.1, 0.15) is 0 Å². The minimum atomic E-state index is 0.704. The van der Waals surface area contributed by atoms with Gasteiger partial charge in [-0.05, 0) is 7.05 Å². The van der Waals surface area contributed by atoms with Crippen molar-refractivity contribution in [3.05, 3.63) is 0 Å². The highest BCUT2D eigenvalue weighted by molar-refractivity contribution is 7.98. The molecule has 6 heavy (non-hydrogen) atoms. The quantitative estimate of drug-likeness (QED) is 0.375. The van der Waals surface area contributed by atoms with E-state index in [1.807, 2.05) is 7.05 Å². The van der Waals surface area contributed by atoms with Gasteiger partial charge in [-0.2, -0.15) is 0 Å². The van der Waals surface area contributed by atoms with Crippen LogP contribution in [0, 0.1) is 0 Å². The second kappa shape index (κ2) is 1.82. The third-order valence-electron chi connectivity index (χ3n) is 0.631. The first-order chi connectivity index (χ1) is 2.93. The Hall–Kier alpha value is 0.270. The molecule has 0 radical (unpaired) electrons. The smallest absolute Gasteiger partial charge is 0.0806 e. The van der Waals surface area contributed by atoms with Gasteiger partial charge >= 0.3 is 0 Å². The van der Waals surface area contributed by atoms with E-state index in [9.17, 15) is 0 Å². The second-order valence-electron chi connectivity index (χ2n) is 1.22. The van der Waals surface area contributed by atoms with Gasteiger partial charge in [-0.15, -0.1) is 0 Å². The van der Waals surface area contributed by atoms with Gasteiger partial charge in [0.2, 0.25) is 0 Å². The predicted molar refractivity (Wildman–Crippen MR) is 28.4 cm³/mol. The third-order valence-corrected chi connectivity index (χ3v) is 1.48. The molecule has 1 heterocycles. The zero-order chi connectivity index (χ0) is 4.41. The van der Waals surface area contributed by atoms with Crippen LogP contribution < -0.4 is 10.0 Å². The van der Waals surface area contributed by atoms with Gasteiger partial charge in [0.1, 0.15) is 0 Å². The van der Waals surface area contributed by atoms with E-state index in [2.05, 4.69) is 10.0 Å². The van der Waals surface area contributed by atoms with Gasteiger partial charge in [-0.25, -0.2) is 0 Å². The first-order valence-electron chi connectivity index (χ1n) is 1.99. The molecule has 1 rings (SSSR count). The Morgan fingerprint density at radius 2 is 2.67 bits per heavy atom. The lowest BCUT2D eigenvalue weighted by Gasteiger charge is -1.85. The maximum atomic E-state index is 3.14. The molecule has 0 spiro atoms. The van der Waals surface area contributed by atoms with Gasteiger partial charge in [0.15, 0.2) is 0 Å². The van der Waals surface area contributed by atoms with Crippen molar-refractivity contribution < 1.29 is 0 Å². The average Bonchev–Trinajstić information content (AvgIpc) is 2.21. The Kier molecular flexibility index (Phi) is 1.34. The normalized spacial score (nSPS) is 30.5. The molecule has 2 nitrogen and oxygen atoms in total. The Bertz CT molecular complexity index is 44.1. The van der Waals surface area contributed by atoms with E-state index < -0.39 is 0 Å². The van der Waals surface area contributed by atoms with Crippen LogP contribution in [-0.2, 0) is 0 Å². The van der Waals surface area contributed by atoms with Crippen molar-refractivity contribution in [2.75, 3.05) is 13.6 Å². The van der Waals surface area contributed by atoms with Crippen molar-refractivity contribution in [2.24, 2.45) is 0 Å². The van der Waals surface area contributed by atoms with Gasteiger partial charge in [0.25, 0.3) is 0 Å². The summed E-state index contributed by atoms with van der Waals surface area (Å²) in [5.41, 5.74) is 0. The molecule has 2 N–H and O–H groups in total. The lowest BCUT2D eigenvalue weighted by molar-refractivity contribution is 1.25. The van der Waals surface area contributed by atoms with Crippen LogP contribution in [0.15, 0.2) is 0 Å². The molecule has 36 valence electrons. The molecule has 1 saturated heterocycles. The fraction of sp³-hybridized carbons (Fsp3) is 1.00. The van der Waals surface area contributed by atoms with Crippen LogP contribution in [0.2, 0.25) is 0 Å². The first kappa shape index (κ1) is 4.43. The van der Waals surface area contributed by atoms with Crippen molar-refractivity contribution >= 4 is 11.9 Å². The van der Waals surface area contributed by atoms with E-state index in [1.54, 1.807) is 11.9 Å². The summed E-state index contributed by atoms with van der Waals surface area (Å²) in [6.45, 7) is 1.17. The molecule has 1 atom stereocenters. The summed E-state index contributed by atoms with van der Waals surface area (Å²) in [4.78, 5) is 0. The van der Waals surface area contributed by atoms with Crippen LogP contribution in [0.3, 0.4) is 0 Å². The fourth-order valence-electron chi connectivity index (χ4n) is 0.274. The average molecular weight is 104 g/mol. The first-order valence-corrected chi connectivity index (χ1v) is 2.87. The molecule has 0 aromatic carbocycles. The number of hydrogen-bond acceptors (Lipinski definition) is 3. The molecule has 1 fully saturated rings. The largest absolute Gasteiger partial charge is 0.301 e. The third kappa shape index (κ3) is 1.16. The predicted octanol–water partition coefficient (Wildman–Crippen LogP) is -0.217. The highest BCUT2D eigenvalue weighted by Gasteiger charge is 2.18. The van der Waals surface area contributed by atoms with Crippen molar-refractivity contribution in [3.63, 3.8) is 0 Å². The summed E-state index contributed by atoms with van der Waals surface area (Å²) in [6.07, 6.45) is 0. The molecule has 0 saturated carbocycles. The van der Waals surface area contributed by atoms with E-state index >= 15 is 0 Å². The number of rotatable bonds is 2. The van der Waals surface area contributed by atoms with E-state index in [4.69, 9.17) is 0 Å². The van der Waals surface area contributed by atoms with Crippen LogP contribution in [0.5, 0.6) is 0 Å². The van der Waals surface area contributed by atoms with E-state index in [0.717, 1.165) is 0 Å². The van der Waals surface area contributed by atoms with Gasteiger partial charge in [-0.1, -0.05) is 11.9 Å². The molecule has 0 aromatic rings. The zero-order valence-electron chi connectivity index (χ0n) is 3.69. The van der Waals surface area contributed by atoms with Crippen molar-refractivity contribution in [1.29, 1.82) is 0 Å². The molecular weight excluding hydrogens is 96.1 g/mol. The Balaban J connectivity index is 1.88. The Morgan fingerprint density at radius 3 is 2.83 bits per heavy atom. The number of hydrogen-bond donors (Lipinski definition) is 2. The number of nitrogens with one attached hydrogen (secondary N) is 2. The minimum Gasteiger partial charge on any atom is -0.301 e. The molecule has 0 aromatic heterocycles. The lowest BCUT2D eigenvalue weighted by Crippen LogP contribution is -1.95. The monoisotopic (exact) mass is 104 g/mol. The van der Waals surface area contributed by atoms with Gasteiger partial charge in [-0.3, -0.25) is 4.72 Å². The fourth-order valence-corrected chi connectivity index (χ4v) is 0.821. The van der Waals surface area contributed by atoms with Crippen molar-refractivity contribution in [2.45, 2.75) is 5.37 Å². The maximum Gasteiger partial charge on any atom is 0.0806 e. The zero-order valence-corrected chi connectivity index (χ0v) is 4.51. The van der Waals surface area contributed by atoms with Crippen molar-refractivity contribution in [1.82, 2.24) is 10.0 Å². The summed E-state index contributed by atoms with van der Waals surface area (Å²) < 4.78 is 2.98. The topological polar surface area (TPSA) is 34.0 Å². The molecule has 1 unspecified atom stereocenters. The van der Waals surface area contributed by atoms with Crippen LogP contribution in [0.4, 0.5) is 0 Å². The highest BCUT2D eigenvalue weighted by Crippen LogP contribution is 2.09. The second-order valence-corrected chi connectivity index (χ2v) is 2.43. The molecule has 0 bridgehead atoms. The molecule has 0 aliphatic carbocycles. The molecule has 1 aliphatic heterocycles. The Labute approximate surface area is 41.8 Å². The van der Waals surface area contributed by atoms with Crippen LogP contribution in [0.25, 0.3) is 0 Å². The molecule has 1 aliphatic rings. The molecular formula is C3H8N2S. The van der Waals surface area contributed by atoms with Crippen LogP contribution >= 0.6 is 11.9 Å². The minimum absolute atomic E-state index is 0.704. The van der Waals surface area contributed by atoms with Crippen LogP contribution in [-0.4, -0.2) is 19.0 Å². The van der Waals surface area contributed by atoms with E-state index in [1.165, 1.54) is 6.54 Å². The SMILES string of the molecule is CNSC1CN1. The van der Waals surface area contributed by atoms with Gasteiger partial charge in [0.05, 0.1) is 5.37 Å². The van der Waals surface area contributed by atoms with Gasteiger partial charge < -0.3 is 5.32 Å². The maximum absolute atomic E-state index is 3.14. The summed E-state index contributed by atoms with van der Waals surface area (Å²) >= 11 is 1.74. The van der Waals surface area contributed by atoms with E-state index in [-0.39, 0.29) is 0 Å². The molecule has 0 amide bonds. The highest BCUT2D eigenvalue weighted by atomic mass is 32.2. The molecule has 3 heteroatoms. The summed E-state index contributed by atoms with van der Waals surface area (Å²) in [5, 5.41) is 3.84. The van der Waals surface area contributed by atoms with Crippen molar-refractivity contribution in [3.8, 4) is 0 Å². The summed E-state index contributed by atoms with van der Waals surface area (Å²) in [7, 11) is 1.94. The van der Waals surface area contributed by atoms with Gasteiger partial charge in [0, 0.05) is 6.54 Å². The standard InChI is InChI=1S/C3H8N2S/c1-4-6-3-2-5-3/h3-5H,2H2,1H3. The summed E-state index contributed by atoms with van der Waals surface area (Å²) in [6, 6.07) is 0. The van der Waals surface area contributed by atoms with E-state index in [0.29, 0.717) is 5.37 Å². The summed E-state index contributed by atoms with van der Waals surface area (Å²) in [5.74, 6) is 0.